The van der Waals surface area contributed by atoms with Crippen LogP contribution in [0.4, 0.5) is 0 Å². The highest BCUT2D eigenvalue weighted by molar-refractivity contribution is 5.75. The van der Waals surface area contributed by atoms with Crippen molar-refractivity contribution >= 4 is 5.96 Å². The summed E-state index contributed by atoms with van der Waals surface area (Å²) in [6.07, 6.45) is 3.77. The average molecular weight is 224 g/mol. The van der Waals surface area contributed by atoms with Crippen LogP contribution in [-0.4, -0.2) is 36.5 Å². The topological polar surface area (TPSA) is 67.6 Å². The summed E-state index contributed by atoms with van der Waals surface area (Å²) >= 11 is 0. The summed E-state index contributed by atoms with van der Waals surface area (Å²) < 4.78 is 0. The second-order valence-electron chi connectivity index (χ2n) is 4.11. The summed E-state index contributed by atoms with van der Waals surface area (Å²) in [5, 5.41) is 0. The summed E-state index contributed by atoms with van der Waals surface area (Å²) in [7, 11) is 0. The van der Waals surface area contributed by atoms with Gasteiger partial charge in [0.1, 0.15) is 0 Å². The Morgan fingerprint density at radius 2 is 1.75 bits per heavy atom. The first kappa shape index (κ1) is 14.7. The molecular weight excluding hydrogens is 200 g/mol. The Kier molecular flexibility index (Phi) is 7.29. The highest BCUT2D eigenvalue weighted by Gasteiger charge is 2.19. The van der Waals surface area contributed by atoms with E-state index in [-0.39, 0.29) is 5.96 Å². The molecule has 0 aromatic rings. The van der Waals surface area contributed by atoms with Crippen LogP contribution >= 0.6 is 0 Å². The maximum absolute atomic E-state index is 5.36. The van der Waals surface area contributed by atoms with Gasteiger partial charge in [0.05, 0.1) is 6.54 Å². The first-order valence-corrected chi connectivity index (χ1v) is 5.54. The fourth-order valence-electron chi connectivity index (χ4n) is 1.62. The van der Waals surface area contributed by atoms with Gasteiger partial charge >= 0.3 is 0 Å². The minimum Gasteiger partial charge on any atom is -0.370 e. The first-order valence-electron chi connectivity index (χ1n) is 5.54. The molecular formula is C12H24N4. The van der Waals surface area contributed by atoms with E-state index in [2.05, 4.69) is 36.9 Å². The van der Waals surface area contributed by atoms with Crippen LogP contribution in [-0.2, 0) is 0 Å². The SMILES string of the molecule is C=CCN(CC=C)[C@H](CN=C(N)N)C(C)C. The van der Waals surface area contributed by atoms with E-state index in [1.807, 2.05) is 12.2 Å². The number of nitrogens with zero attached hydrogens (tertiary/aromatic N) is 2. The number of hydrogen-bond donors (Lipinski definition) is 2. The molecule has 4 nitrogen and oxygen atoms in total. The molecule has 16 heavy (non-hydrogen) atoms. The Bertz CT molecular complexity index is 231. The quantitative estimate of drug-likeness (QED) is 0.366. The molecule has 0 radical (unpaired) electrons. The van der Waals surface area contributed by atoms with Crippen molar-refractivity contribution in [3.8, 4) is 0 Å². The van der Waals surface area contributed by atoms with E-state index in [1.165, 1.54) is 0 Å². The second-order valence-corrected chi connectivity index (χ2v) is 4.11. The molecule has 0 heterocycles. The van der Waals surface area contributed by atoms with E-state index in [0.717, 1.165) is 13.1 Å². The lowest BCUT2D eigenvalue weighted by molar-refractivity contribution is 0.196. The molecule has 1 atom stereocenters. The summed E-state index contributed by atoms with van der Waals surface area (Å²) in [4.78, 5) is 6.35. The second kappa shape index (κ2) is 7.93. The Hall–Kier alpha value is -1.29. The van der Waals surface area contributed by atoms with Crippen molar-refractivity contribution in [1.29, 1.82) is 0 Å². The fraction of sp³-hybridized carbons (Fsp3) is 0.583. The lowest BCUT2D eigenvalue weighted by Crippen LogP contribution is -2.42. The summed E-state index contributed by atoms with van der Waals surface area (Å²) in [5.41, 5.74) is 10.7. The standard InChI is InChI=1S/C12H24N4/c1-5-7-16(8-6-2)11(10(3)4)9-15-12(13)14/h5-6,10-11H,1-2,7-9H2,3-4H3,(H4,13,14,15)/t11-/m1/s1. The minimum absolute atomic E-state index is 0.141. The molecule has 0 aromatic carbocycles. The lowest BCUT2D eigenvalue weighted by atomic mass is 10.0. The Morgan fingerprint density at radius 1 is 1.25 bits per heavy atom. The molecule has 0 saturated carbocycles. The predicted octanol–water partition coefficient (Wildman–Crippen LogP) is 0.958. The van der Waals surface area contributed by atoms with Gasteiger partial charge < -0.3 is 11.5 Å². The molecule has 0 unspecified atom stereocenters. The van der Waals surface area contributed by atoms with Crippen molar-refractivity contribution in [3.05, 3.63) is 25.3 Å². The molecule has 0 rings (SSSR count). The molecule has 0 saturated heterocycles. The molecule has 0 bridgehead atoms. The van der Waals surface area contributed by atoms with Crippen LogP contribution in [0.1, 0.15) is 13.8 Å². The normalized spacial score (nSPS) is 12.5. The van der Waals surface area contributed by atoms with Gasteiger partial charge in [-0.2, -0.15) is 0 Å². The van der Waals surface area contributed by atoms with Crippen molar-refractivity contribution in [3.63, 3.8) is 0 Å². The molecule has 92 valence electrons. The zero-order valence-electron chi connectivity index (χ0n) is 10.4. The van der Waals surface area contributed by atoms with E-state index in [4.69, 9.17) is 11.5 Å². The Labute approximate surface area is 98.7 Å². The summed E-state index contributed by atoms with van der Waals surface area (Å²) in [5.74, 6) is 0.616. The highest BCUT2D eigenvalue weighted by atomic mass is 15.2. The zero-order valence-corrected chi connectivity index (χ0v) is 10.4. The minimum atomic E-state index is 0.141. The summed E-state index contributed by atoms with van der Waals surface area (Å²) in [6, 6.07) is 0.304. The number of nitrogens with two attached hydrogens (primary N) is 2. The van der Waals surface area contributed by atoms with Crippen LogP contribution in [0, 0.1) is 5.92 Å². The van der Waals surface area contributed by atoms with Gasteiger partial charge in [0, 0.05) is 19.1 Å². The van der Waals surface area contributed by atoms with Gasteiger partial charge in [-0.25, -0.2) is 0 Å². The van der Waals surface area contributed by atoms with Gasteiger partial charge in [0.25, 0.3) is 0 Å². The number of guanidine groups is 1. The molecule has 4 heteroatoms. The van der Waals surface area contributed by atoms with Crippen molar-refractivity contribution in [2.24, 2.45) is 22.4 Å². The van der Waals surface area contributed by atoms with Crippen molar-refractivity contribution in [1.82, 2.24) is 4.90 Å². The third-order valence-corrected chi connectivity index (χ3v) is 2.43. The van der Waals surface area contributed by atoms with Crippen LogP contribution in [0.2, 0.25) is 0 Å². The van der Waals surface area contributed by atoms with Crippen LogP contribution in [0.5, 0.6) is 0 Å². The van der Waals surface area contributed by atoms with Gasteiger partial charge in [-0.05, 0) is 5.92 Å². The average Bonchev–Trinajstić information content (AvgIpc) is 2.17. The fourth-order valence-corrected chi connectivity index (χ4v) is 1.62. The summed E-state index contributed by atoms with van der Waals surface area (Å²) in [6.45, 7) is 14.1. The van der Waals surface area contributed by atoms with Crippen LogP contribution in [0.3, 0.4) is 0 Å². The van der Waals surface area contributed by atoms with Crippen LogP contribution in [0.25, 0.3) is 0 Å². The van der Waals surface area contributed by atoms with E-state index in [1.54, 1.807) is 0 Å². The smallest absolute Gasteiger partial charge is 0.185 e. The van der Waals surface area contributed by atoms with Crippen molar-refractivity contribution < 1.29 is 0 Å². The van der Waals surface area contributed by atoms with Gasteiger partial charge in [-0.15, -0.1) is 13.2 Å². The van der Waals surface area contributed by atoms with Crippen LogP contribution in [0.15, 0.2) is 30.3 Å². The molecule has 0 aliphatic rings. The first-order chi connectivity index (χ1) is 7.52. The van der Waals surface area contributed by atoms with Crippen molar-refractivity contribution in [2.75, 3.05) is 19.6 Å². The molecule has 4 N–H and O–H groups in total. The largest absolute Gasteiger partial charge is 0.370 e. The predicted molar refractivity (Wildman–Crippen MR) is 71.3 cm³/mol. The maximum Gasteiger partial charge on any atom is 0.185 e. The third kappa shape index (κ3) is 5.56. The van der Waals surface area contributed by atoms with Crippen LogP contribution < -0.4 is 11.5 Å². The van der Waals surface area contributed by atoms with E-state index < -0.39 is 0 Å². The van der Waals surface area contributed by atoms with E-state index >= 15 is 0 Å². The molecule has 0 aliphatic carbocycles. The Balaban J connectivity index is 4.61. The molecule has 0 amide bonds. The molecule has 0 spiro atoms. The molecule has 0 aromatic heterocycles. The lowest BCUT2D eigenvalue weighted by Gasteiger charge is -2.31. The van der Waals surface area contributed by atoms with E-state index in [0.29, 0.717) is 18.5 Å². The van der Waals surface area contributed by atoms with Gasteiger partial charge in [-0.3, -0.25) is 9.89 Å². The number of rotatable bonds is 8. The molecule has 0 aliphatic heterocycles. The molecule has 0 fully saturated rings. The monoisotopic (exact) mass is 224 g/mol. The third-order valence-electron chi connectivity index (χ3n) is 2.43. The zero-order chi connectivity index (χ0) is 12.6. The maximum atomic E-state index is 5.36. The van der Waals surface area contributed by atoms with Crippen molar-refractivity contribution in [2.45, 2.75) is 19.9 Å². The number of aliphatic imine (C=N–C) groups is 1. The number of hydrogen-bond acceptors (Lipinski definition) is 2. The van der Waals surface area contributed by atoms with Gasteiger partial charge in [0.15, 0.2) is 5.96 Å². The Morgan fingerprint density at radius 3 is 2.06 bits per heavy atom. The van der Waals surface area contributed by atoms with Gasteiger partial charge in [0.2, 0.25) is 0 Å². The van der Waals surface area contributed by atoms with Gasteiger partial charge in [-0.1, -0.05) is 26.0 Å². The highest BCUT2D eigenvalue weighted by Crippen LogP contribution is 2.11. The van der Waals surface area contributed by atoms with E-state index in [9.17, 15) is 0 Å².